The van der Waals surface area contributed by atoms with Crippen molar-refractivity contribution in [2.75, 3.05) is 5.75 Å². The molecule has 14 heteroatoms. The molecule has 0 rings (SSSR count). The van der Waals surface area contributed by atoms with Crippen molar-refractivity contribution in [2.24, 2.45) is 17.4 Å². The minimum atomic E-state index is -1.39. The second kappa shape index (κ2) is 14.2. The van der Waals surface area contributed by atoms with Gasteiger partial charge in [0.15, 0.2) is 0 Å². The van der Waals surface area contributed by atoms with Crippen LogP contribution < -0.4 is 27.4 Å². The van der Waals surface area contributed by atoms with Gasteiger partial charge in [-0.3, -0.25) is 24.0 Å². The van der Waals surface area contributed by atoms with E-state index in [9.17, 15) is 33.9 Å². The number of amides is 4. The third-order valence-corrected chi connectivity index (χ3v) is 4.55. The zero-order chi connectivity index (χ0) is 25.0. The van der Waals surface area contributed by atoms with Crippen molar-refractivity contribution in [1.82, 2.24) is 16.0 Å². The van der Waals surface area contributed by atoms with E-state index < -0.39 is 66.2 Å². The number of carboxylic acids is 2. The van der Waals surface area contributed by atoms with E-state index in [2.05, 4.69) is 28.6 Å². The quantitative estimate of drug-likeness (QED) is 0.117. The standard InChI is InChI=1S/C18H31N5O8S/c1-8(2)5-11(16(28)21-10(18(30)31)3-4-13(20)24)22-17(29)12(7-32)23-15(27)9(19)6-14(25)26/h8-12,32H,3-7,19H2,1-2H3,(H2,20,24)(H,21,28)(H,22,29)(H,23,27)(H,25,26)(H,30,31). The molecule has 0 heterocycles. The number of aliphatic carboxylic acids is 2. The van der Waals surface area contributed by atoms with Crippen LogP contribution in [0.4, 0.5) is 0 Å². The third kappa shape index (κ3) is 11.5. The van der Waals surface area contributed by atoms with Crippen LogP contribution in [-0.4, -0.2) is 75.7 Å². The van der Waals surface area contributed by atoms with E-state index in [0.717, 1.165) is 0 Å². The maximum atomic E-state index is 12.6. The second-order valence-corrected chi connectivity index (χ2v) is 7.91. The molecular formula is C18H31N5O8S. The fraction of sp³-hybridized carbons (Fsp3) is 0.667. The lowest BCUT2D eigenvalue weighted by Crippen LogP contribution is -2.58. The highest BCUT2D eigenvalue weighted by atomic mass is 32.1. The lowest BCUT2D eigenvalue weighted by atomic mass is 10.0. The lowest BCUT2D eigenvalue weighted by Gasteiger charge is -2.25. The summed E-state index contributed by atoms with van der Waals surface area (Å²) in [4.78, 5) is 70.2. The van der Waals surface area contributed by atoms with Crippen LogP contribution >= 0.6 is 12.6 Å². The minimum Gasteiger partial charge on any atom is -0.481 e. The Bertz CT molecular complexity index is 717. The van der Waals surface area contributed by atoms with Crippen LogP contribution in [0.25, 0.3) is 0 Å². The molecule has 4 amide bonds. The topological polar surface area (TPSA) is 231 Å². The number of primary amides is 1. The zero-order valence-corrected chi connectivity index (χ0v) is 18.8. The normalized spacial score (nSPS) is 14.5. The van der Waals surface area contributed by atoms with Crippen LogP contribution in [0, 0.1) is 5.92 Å². The molecule has 0 aromatic rings. The first kappa shape index (κ1) is 29.1. The highest BCUT2D eigenvalue weighted by molar-refractivity contribution is 7.80. The van der Waals surface area contributed by atoms with Gasteiger partial charge in [-0.1, -0.05) is 13.8 Å². The van der Waals surface area contributed by atoms with E-state index >= 15 is 0 Å². The van der Waals surface area contributed by atoms with E-state index in [1.807, 2.05) is 0 Å². The smallest absolute Gasteiger partial charge is 0.326 e. The summed E-state index contributed by atoms with van der Waals surface area (Å²) in [5, 5.41) is 24.9. The van der Waals surface area contributed by atoms with Gasteiger partial charge in [-0.15, -0.1) is 0 Å². The predicted molar refractivity (Wildman–Crippen MR) is 115 cm³/mol. The second-order valence-electron chi connectivity index (χ2n) is 7.54. The van der Waals surface area contributed by atoms with Crippen LogP contribution in [0.5, 0.6) is 0 Å². The Hall–Kier alpha value is -2.87. The van der Waals surface area contributed by atoms with Gasteiger partial charge in [-0.05, 0) is 18.8 Å². The molecule has 0 aliphatic heterocycles. The van der Waals surface area contributed by atoms with Crippen molar-refractivity contribution in [3.05, 3.63) is 0 Å². The fourth-order valence-corrected chi connectivity index (χ4v) is 2.80. The van der Waals surface area contributed by atoms with E-state index in [-0.39, 0.29) is 30.9 Å². The monoisotopic (exact) mass is 477 g/mol. The summed E-state index contributed by atoms with van der Waals surface area (Å²) < 4.78 is 0. The molecule has 9 N–H and O–H groups in total. The molecule has 0 aromatic heterocycles. The maximum Gasteiger partial charge on any atom is 0.326 e. The Morgan fingerprint density at radius 3 is 1.81 bits per heavy atom. The van der Waals surface area contributed by atoms with Crippen LogP contribution in [0.2, 0.25) is 0 Å². The first-order valence-electron chi connectivity index (χ1n) is 9.78. The number of carbonyl (C=O) groups is 6. The fourth-order valence-electron chi connectivity index (χ4n) is 2.55. The maximum absolute atomic E-state index is 12.6. The number of carboxylic acid groups (broad SMARTS) is 2. The summed E-state index contributed by atoms with van der Waals surface area (Å²) in [5.74, 6) is -6.12. The number of nitrogens with one attached hydrogen (secondary N) is 3. The summed E-state index contributed by atoms with van der Waals surface area (Å²) in [6.45, 7) is 3.55. The molecule has 0 aliphatic carbocycles. The Morgan fingerprint density at radius 2 is 1.38 bits per heavy atom. The molecule has 4 atom stereocenters. The van der Waals surface area contributed by atoms with Gasteiger partial charge in [-0.2, -0.15) is 12.6 Å². The van der Waals surface area contributed by atoms with Gasteiger partial charge in [0.25, 0.3) is 0 Å². The molecule has 13 nitrogen and oxygen atoms in total. The van der Waals surface area contributed by atoms with Gasteiger partial charge >= 0.3 is 11.9 Å². The van der Waals surface area contributed by atoms with Crippen molar-refractivity contribution in [2.45, 2.75) is 63.7 Å². The molecule has 182 valence electrons. The van der Waals surface area contributed by atoms with Crippen LogP contribution in [-0.2, 0) is 28.8 Å². The largest absolute Gasteiger partial charge is 0.481 e. The molecule has 0 radical (unpaired) electrons. The van der Waals surface area contributed by atoms with Crippen molar-refractivity contribution >= 4 is 48.2 Å². The molecule has 4 unspecified atom stereocenters. The Labute approximate surface area is 190 Å². The van der Waals surface area contributed by atoms with E-state index in [1.165, 1.54) is 0 Å². The average Bonchev–Trinajstić information content (AvgIpc) is 2.66. The first-order chi connectivity index (χ1) is 14.8. The number of nitrogens with two attached hydrogens (primary N) is 2. The van der Waals surface area contributed by atoms with Gasteiger partial charge in [0.2, 0.25) is 23.6 Å². The van der Waals surface area contributed by atoms with Crippen molar-refractivity contribution in [3.8, 4) is 0 Å². The van der Waals surface area contributed by atoms with Crippen molar-refractivity contribution in [1.29, 1.82) is 0 Å². The summed E-state index contributed by atoms with van der Waals surface area (Å²) >= 11 is 3.99. The molecule has 0 saturated heterocycles. The highest BCUT2D eigenvalue weighted by Gasteiger charge is 2.30. The summed E-state index contributed by atoms with van der Waals surface area (Å²) in [6, 6.07) is -5.15. The van der Waals surface area contributed by atoms with E-state index in [4.69, 9.17) is 16.6 Å². The number of rotatable bonds is 15. The molecule has 0 aliphatic rings. The summed E-state index contributed by atoms with van der Waals surface area (Å²) in [7, 11) is 0. The van der Waals surface area contributed by atoms with Gasteiger partial charge in [-0.25, -0.2) is 4.79 Å². The highest BCUT2D eigenvalue weighted by Crippen LogP contribution is 2.08. The molecule has 0 aromatic carbocycles. The zero-order valence-electron chi connectivity index (χ0n) is 17.9. The SMILES string of the molecule is CC(C)CC(NC(=O)C(CS)NC(=O)C(N)CC(=O)O)C(=O)NC(CCC(N)=O)C(=O)O. The molecule has 0 fully saturated rings. The molecule has 0 saturated carbocycles. The average molecular weight is 478 g/mol. The van der Waals surface area contributed by atoms with E-state index in [0.29, 0.717) is 0 Å². The Morgan fingerprint density at radius 1 is 0.875 bits per heavy atom. The van der Waals surface area contributed by atoms with Gasteiger partial charge in [0, 0.05) is 12.2 Å². The first-order valence-corrected chi connectivity index (χ1v) is 10.4. The summed E-state index contributed by atoms with van der Waals surface area (Å²) in [6.07, 6.45) is -0.989. The van der Waals surface area contributed by atoms with Gasteiger partial charge < -0.3 is 37.6 Å². The van der Waals surface area contributed by atoms with Crippen molar-refractivity contribution < 1.29 is 39.0 Å². The molecule has 0 spiro atoms. The van der Waals surface area contributed by atoms with Gasteiger partial charge in [0.1, 0.15) is 18.1 Å². The predicted octanol–water partition coefficient (Wildman–Crippen LogP) is -2.43. The third-order valence-electron chi connectivity index (χ3n) is 4.18. The molecule has 0 bridgehead atoms. The minimum absolute atomic E-state index is 0.0759. The molecular weight excluding hydrogens is 446 g/mol. The van der Waals surface area contributed by atoms with Crippen LogP contribution in [0.1, 0.15) is 39.5 Å². The van der Waals surface area contributed by atoms with Crippen molar-refractivity contribution in [3.63, 3.8) is 0 Å². The number of thiol groups is 1. The Balaban J connectivity index is 5.28. The number of hydrogen-bond donors (Lipinski definition) is 8. The van der Waals surface area contributed by atoms with E-state index in [1.54, 1.807) is 13.8 Å². The van der Waals surface area contributed by atoms with Gasteiger partial charge in [0.05, 0.1) is 12.5 Å². The number of hydrogen-bond acceptors (Lipinski definition) is 8. The van der Waals surface area contributed by atoms with Crippen LogP contribution in [0.15, 0.2) is 0 Å². The molecule has 32 heavy (non-hydrogen) atoms. The lowest BCUT2D eigenvalue weighted by molar-refractivity contribution is -0.142. The summed E-state index contributed by atoms with van der Waals surface area (Å²) in [5.41, 5.74) is 10.5. The Kier molecular flexibility index (Phi) is 13.0. The number of carbonyl (C=O) groups excluding carboxylic acids is 4. The van der Waals surface area contributed by atoms with Crippen LogP contribution in [0.3, 0.4) is 0 Å².